The Hall–Kier alpha value is -1.20. The molecule has 138 valence electrons. The molecule has 0 aromatic rings. The van der Waals surface area contributed by atoms with Crippen LogP contribution in [-0.4, -0.2) is 32.9 Å². The number of carboxylic acids is 1. The molecule has 1 unspecified atom stereocenters. The number of Topliss-reactive ketones (excluding diaryl/α,β-unsaturated/α-hetero) is 1. The molecule has 0 spiro atoms. The van der Waals surface area contributed by atoms with Crippen LogP contribution in [0.25, 0.3) is 0 Å². The quantitative estimate of drug-likeness (QED) is 0.384. The van der Waals surface area contributed by atoms with E-state index < -0.39 is 23.1 Å². The number of hydrogen-bond donors (Lipinski definition) is 3. The average Bonchev–Trinajstić information content (AvgIpc) is 2.77. The van der Waals surface area contributed by atoms with Crippen molar-refractivity contribution in [2.75, 3.05) is 0 Å². The fraction of sp³-hybridized carbons (Fsp3) is 0.800. The first-order chi connectivity index (χ1) is 11.6. The predicted molar refractivity (Wildman–Crippen MR) is 90.4 cm³/mol. The molecule has 25 heavy (non-hydrogen) atoms. The Morgan fingerprint density at radius 2 is 1.84 bits per heavy atom. The first-order valence-corrected chi connectivity index (χ1v) is 9.50. The summed E-state index contributed by atoms with van der Waals surface area (Å²) in [5.74, 6) is -2.74. The highest BCUT2D eigenvalue weighted by Crippen LogP contribution is 2.66. The summed E-state index contributed by atoms with van der Waals surface area (Å²) in [6, 6.07) is 0. The molecule has 0 bridgehead atoms. The molecule has 5 nitrogen and oxygen atoms in total. The molecular weight excluding hydrogens is 320 g/mol. The third-order valence-corrected chi connectivity index (χ3v) is 8.41. The van der Waals surface area contributed by atoms with Crippen molar-refractivity contribution in [3.05, 3.63) is 11.6 Å². The molecule has 5 heteroatoms. The standard InChI is InChI=1S/C20H28O5/c1-18-10-13(17(22)23)16(21)9-11(18)3-4-12-14(18)5-7-19(2)15(12)6-8-20(19,24)25/h3,12-15,24-25H,4-10H2,1-2H3,(H,22,23)/t12-,13?,14-,15+,18+,19+/m1/s1. The molecule has 4 aliphatic rings. The third-order valence-electron chi connectivity index (χ3n) is 8.41. The number of carbonyl (C=O) groups is 2. The largest absolute Gasteiger partial charge is 0.481 e. The normalized spacial score (nSPS) is 48.2. The highest BCUT2D eigenvalue weighted by Gasteiger charge is 2.64. The third kappa shape index (κ3) is 2.15. The van der Waals surface area contributed by atoms with Crippen LogP contribution in [0.1, 0.15) is 58.8 Å². The Bertz CT molecular complexity index is 665. The molecule has 0 aromatic carbocycles. The lowest BCUT2D eigenvalue weighted by molar-refractivity contribution is -0.246. The zero-order chi connectivity index (χ0) is 18.2. The van der Waals surface area contributed by atoms with Crippen LogP contribution >= 0.6 is 0 Å². The van der Waals surface area contributed by atoms with Gasteiger partial charge in [0.15, 0.2) is 11.6 Å². The second-order valence-corrected chi connectivity index (χ2v) is 9.31. The Labute approximate surface area is 148 Å². The molecule has 6 atom stereocenters. The van der Waals surface area contributed by atoms with E-state index in [-0.39, 0.29) is 23.5 Å². The van der Waals surface area contributed by atoms with Crippen LogP contribution in [0.15, 0.2) is 11.6 Å². The molecular formula is C20H28O5. The van der Waals surface area contributed by atoms with E-state index in [1.807, 2.05) is 6.92 Å². The van der Waals surface area contributed by atoms with Gasteiger partial charge in [0.2, 0.25) is 0 Å². The van der Waals surface area contributed by atoms with E-state index in [1.54, 1.807) is 0 Å². The van der Waals surface area contributed by atoms with Crippen LogP contribution in [0.2, 0.25) is 0 Å². The summed E-state index contributed by atoms with van der Waals surface area (Å²) in [6.45, 7) is 4.15. The van der Waals surface area contributed by atoms with Crippen molar-refractivity contribution in [3.63, 3.8) is 0 Å². The number of aliphatic carboxylic acids is 1. The molecule has 4 aliphatic carbocycles. The fourth-order valence-corrected chi connectivity index (χ4v) is 6.78. The van der Waals surface area contributed by atoms with E-state index in [2.05, 4.69) is 13.0 Å². The Balaban J connectivity index is 1.70. The molecule has 3 fully saturated rings. The Morgan fingerprint density at radius 1 is 1.16 bits per heavy atom. The van der Waals surface area contributed by atoms with Crippen molar-refractivity contribution < 1.29 is 24.9 Å². The van der Waals surface area contributed by atoms with Gasteiger partial charge in [-0.1, -0.05) is 25.5 Å². The first kappa shape index (κ1) is 17.2. The van der Waals surface area contributed by atoms with Gasteiger partial charge in [0, 0.05) is 18.3 Å². The highest BCUT2D eigenvalue weighted by molar-refractivity contribution is 6.00. The monoisotopic (exact) mass is 348 g/mol. The van der Waals surface area contributed by atoms with Gasteiger partial charge < -0.3 is 15.3 Å². The van der Waals surface area contributed by atoms with Gasteiger partial charge in [-0.2, -0.15) is 0 Å². The van der Waals surface area contributed by atoms with Crippen LogP contribution in [0.3, 0.4) is 0 Å². The number of hydrogen-bond acceptors (Lipinski definition) is 4. The number of carbonyl (C=O) groups excluding carboxylic acids is 1. The number of ketones is 1. The molecule has 0 saturated heterocycles. The molecule has 0 radical (unpaired) electrons. The molecule has 0 amide bonds. The van der Waals surface area contributed by atoms with Gasteiger partial charge >= 0.3 is 5.97 Å². The number of aliphatic hydroxyl groups is 2. The SMILES string of the molecule is C[C@]12CC(C(=O)O)C(=O)CC1=CC[C@@H]1[C@H]2CC[C@@]2(C)[C@H]1CCC2(O)O. The van der Waals surface area contributed by atoms with E-state index in [1.165, 1.54) is 0 Å². The van der Waals surface area contributed by atoms with Crippen LogP contribution in [0.5, 0.6) is 0 Å². The topological polar surface area (TPSA) is 94.8 Å². The summed E-state index contributed by atoms with van der Waals surface area (Å²) >= 11 is 0. The van der Waals surface area contributed by atoms with Gasteiger partial charge in [-0.25, -0.2) is 0 Å². The smallest absolute Gasteiger partial charge is 0.314 e. The Morgan fingerprint density at radius 3 is 2.52 bits per heavy atom. The zero-order valence-corrected chi connectivity index (χ0v) is 15.0. The number of carboxylic acid groups (broad SMARTS) is 1. The van der Waals surface area contributed by atoms with E-state index in [0.717, 1.165) is 31.3 Å². The summed E-state index contributed by atoms with van der Waals surface area (Å²) in [6.07, 6.45) is 6.54. The van der Waals surface area contributed by atoms with Gasteiger partial charge in [-0.15, -0.1) is 0 Å². The maximum Gasteiger partial charge on any atom is 0.314 e. The van der Waals surface area contributed by atoms with E-state index in [0.29, 0.717) is 24.7 Å². The minimum absolute atomic E-state index is 0.166. The Kier molecular flexibility index (Phi) is 3.56. The second-order valence-electron chi connectivity index (χ2n) is 9.31. The van der Waals surface area contributed by atoms with Gasteiger partial charge in [-0.3, -0.25) is 9.59 Å². The van der Waals surface area contributed by atoms with E-state index in [4.69, 9.17) is 0 Å². The van der Waals surface area contributed by atoms with Crippen molar-refractivity contribution in [3.8, 4) is 0 Å². The number of allylic oxidation sites excluding steroid dienone is 2. The first-order valence-electron chi connectivity index (χ1n) is 9.50. The van der Waals surface area contributed by atoms with Crippen LogP contribution in [0.4, 0.5) is 0 Å². The minimum atomic E-state index is -1.60. The van der Waals surface area contributed by atoms with Crippen molar-refractivity contribution in [2.24, 2.45) is 34.5 Å². The molecule has 0 heterocycles. The fourth-order valence-electron chi connectivity index (χ4n) is 6.78. The molecule has 0 aliphatic heterocycles. The zero-order valence-electron chi connectivity index (χ0n) is 15.0. The van der Waals surface area contributed by atoms with E-state index >= 15 is 0 Å². The van der Waals surface area contributed by atoms with Crippen molar-refractivity contribution in [1.82, 2.24) is 0 Å². The summed E-state index contributed by atoms with van der Waals surface area (Å²) in [7, 11) is 0. The molecule has 3 saturated carbocycles. The van der Waals surface area contributed by atoms with Crippen LogP contribution in [0, 0.1) is 34.5 Å². The van der Waals surface area contributed by atoms with Crippen molar-refractivity contribution in [2.45, 2.75) is 64.6 Å². The van der Waals surface area contributed by atoms with Gasteiger partial charge in [-0.05, 0) is 55.3 Å². The maximum atomic E-state index is 12.2. The maximum absolute atomic E-state index is 12.2. The molecule has 3 N–H and O–H groups in total. The summed E-state index contributed by atoms with van der Waals surface area (Å²) < 4.78 is 0. The lowest BCUT2D eigenvalue weighted by atomic mass is 9.47. The number of rotatable bonds is 1. The average molecular weight is 348 g/mol. The van der Waals surface area contributed by atoms with Crippen LogP contribution in [-0.2, 0) is 9.59 Å². The number of fused-ring (bicyclic) bond motifs is 5. The lowest BCUT2D eigenvalue weighted by Crippen LogP contribution is -2.55. The van der Waals surface area contributed by atoms with Crippen molar-refractivity contribution >= 4 is 11.8 Å². The lowest BCUT2D eigenvalue weighted by Gasteiger charge is -2.58. The van der Waals surface area contributed by atoms with Gasteiger partial charge in [0.1, 0.15) is 5.92 Å². The van der Waals surface area contributed by atoms with Crippen molar-refractivity contribution in [1.29, 1.82) is 0 Å². The summed E-state index contributed by atoms with van der Waals surface area (Å²) in [5, 5.41) is 30.5. The second kappa shape index (κ2) is 5.17. The van der Waals surface area contributed by atoms with Gasteiger partial charge in [0.05, 0.1) is 0 Å². The summed E-state index contributed by atoms with van der Waals surface area (Å²) in [4.78, 5) is 23.8. The highest BCUT2D eigenvalue weighted by atomic mass is 16.5. The predicted octanol–water partition coefficient (Wildman–Crippen LogP) is 2.51. The van der Waals surface area contributed by atoms with Gasteiger partial charge in [0.25, 0.3) is 0 Å². The molecule has 4 rings (SSSR count). The van der Waals surface area contributed by atoms with E-state index in [9.17, 15) is 24.9 Å². The minimum Gasteiger partial charge on any atom is -0.481 e. The van der Waals surface area contributed by atoms with Crippen LogP contribution < -0.4 is 0 Å². The molecule has 0 aromatic heterocycles. The summed E-state index contributed by atoms with van der Waals surface area (Å²) in [5.41, 5.74) is 0.390.